The highest BCUT2D eigenvalue weighted by molar-refractivity contribution is 7.99. The lowest BCUT2D eigenvalue weighted by Crippen LogP contribution is -2.23. The van der Waals surface area contributed by atoms with E-state index in [1.165, 1.54) is 18.2 Å². The maximum absolute atomic E-state index is 13.1. The molecule has 3 aromatic rings. The highest BCUT2D eigenvalue weighted by Gasteiger charge is 2.14. The molecule has 3 rings (SSSR count). The molecule has 0 saturated carbocycles. The number of benzene rings is 2. The Morgan fingerprint density at radius 2 is 1.86 bits per heavy atom. The van der Waals surface area contributed by atoms with E-state index >= 15 is 0 Å². The Morgan fingerprint density at radius 1 is 1.10 bits per heavy atom. The number of anilines is 3. The van der Waals surface area contributed by atoms with Gasteiger partial charge in [-0.3, -0.25) is 19.4 Å². The molecule has 0 aliphatic carbocycles. The molecule has 0 spiro atoms. The highest BCUT2D eigenvalue weighted by Crippen LogP contribution is 2.18. The fourth-order valence-corrected chi connectivity index (χ4v) is 3.00. The van der Waals surface area contributed by atoms with Crippen LogP contribution in [0.1, 0.15) is 10.4 Å². The lowest BCUT2D eigenvalue weighted by molar-refractivity contribution is -0.113. The Kier molecular flexibility index (Phi) is 6.25. The number of thioether (sulfide) groups is 1. The summed E-state index contributed by atoms with van der Waals surface area (Å²) in [5.74, 6) is -1.65. The summed E-state index contributed by atoms with van der Waals surface area (Å²) in [6.07, 6.45) is 0. The number of nitrogen functional groups attached to an aromatic ring is 1. The van der Waals surface area contributed by atoms with Crippen LogP contribution in [-0.4, -0.2) is 27.5 Å². The first-order valence-corrected chi connectivity index (χ1v) is 9.35. The number of rotatable bonds is 6. The van der Waals surface area contributed by atoms with E-state index in [9.17, 15) is 18.8 Å². The number of hydrogen-bond acceptors (Lipinski definition) is 6. The summed E-state index contributed by atoms with van der Waals surface area (Å²) in [5, 5.41) is 5.07. The lowest BCUT2D eigenvalue weighted by Gasteiger charge is -2.09. The number of aromatic amines is 1. The second-order valence-corrected chi connectivity index (χ2v) is 6.76. The van der Waals surface area contributed by atoms with Crippen LogP contribution in [0, 0.1) is 5.82 Å². The van der Waals surface area contributed by atoms with Crippen molar-refractivity contribution in [2.75, 3.05) is 22.1 Å². The minimum atomic E-state index is -0.644. The van der Waals surface area contributed by atoms with Crippen LogP contribution in [0.2, 0.25) is 0 Å². The van der Waals surface area contributed by atoms with Gasteiger partial charge in [-0.25, -0.2) is 9.37 Å². The van der Waals surface area contributed by atoms with Gasteiger partial charge in [0.25, 0.3) is 11.5 Å². The molecule has 0 bridgehead atoms. The van der Waals surface area contributed by atoms with Gasteiger partial charge in [0.1, 0.15) is 11.5 Å². The molecule has 0 atom stereocenters. The van der Waals surface area contributed by atoms with Gasteiger partial charge in [0, 0.05) is 11.3 Å². The van der Waals surface area contributed by atoms with Crippen LogP contribution < -0.4 is 21.9 Å². The minimum absolute atomic E-state index is 0.0887. The number of nitrogens with two attached hydrogens (primary N) is 1. The first-order valence-electron chi connectivity index (χ1n) is 8.37. The van der Waals surface area contributed by atoms with E-state index in [2.05, 4.69) is 20.6 Å². The van der Waals surface area contributed by atoms with E-state index in [1.807, 2.05) is 0 Å². The summed E-state index contributed by atoms with van der Waals surface area (Å²) in [5.41, 5.74) is 5.65. The van der Waals surface area contributed by atoms with Crippen molar-refractivity contribution in [2.45, 2.75) is 5.16 Å². The van der Waals surface area contributed by atoms with Crippen molar-refractivity contribution in [3.05, 3.63) is 76.3 Å². The Morgan fingerprint density at radius 3 is 2.55 bits per heavy atom. The first kappa shape index (κ1) is 20.1. The molecule has 5 N–H and O–H groups in total. The zero-order chi connectivity index (χ0) is 20.8. The van der Waals surface area contributed by atoms with Gasteiger partial charge in [-0.15, -0.1) is 0 Å². The number of nitrogens with zero attached hydrogens (tertiary/aromatic N) is 1. The molecule has 0 unspecified atom stereocenters. The van der Waals surface area contributed by atoms with Crippen LogP contribution in [0.15, 0.2) is 64.5 Å². The van der Waals surface area contributed by atoms with Crippen LogP contribution in [0.25, 0.3) is 0 Å². The molecule has 0 saturated heterocycles. The van der Waals surface area contributed by atoms with E-state index in [0.717, 1.165) is 11.8 Å². The predicted molar refractivity (Wildman–Crippen MR) is 109 cm³/mol. The molecule has 1 heterocycles. The van der Waals surface area contributed by atoms with Gasteiger partial charge in [0.2, 0.25) is 5.91 Å². The van der Waals surface area contributed by atoms with Crippen molar-refractivity contribution in [3.63, 3.8) is 0 Å². The van der Waals surface area contributed by atoms with E-state index in [-0.39, 0.29) is 22.4 Å². The normalized spacial score (nSPS) is 10.4. The van der Waals surface area contributed by atoms with Crippen molar-refractivity contribution in [1.29, 1.82) is 0 Å². The van der Waals surface area contributed by atoms with Gasteiger partial charge in [-0.2, -0.15) is 0 Å². The van der Waals surface area contributed by atoms with Crippen molar-refractivity contribution in [3.8, 4) is 0 Å². The zero-order valence-electron chi connectivity index (χ0n) is 14.9. The second kappa shape index (κ2) is 9.02. The molecule has 0 aliphatic rings. The van der Waals surface area contributed by atoms with Crippen LogP contribution in [0.5, 0.6) is 0 Å². The van der Waals surface area contributed by atoms with Gasteiger partial charge in [0.15, 0.2) is 11.0 Å². The Balaban J connectivity index is 1.64. The molecule has 8 nitrogen and oxygen atoms in total. The van der Waals surface area contributed by atoms with Gasteiger partial charge in [0.05, 0.1) is 5.75 Å². The third kappa shape index (κ3) is 5.42. The fourth-order valence-electron chi connectivity index (χ4n) is 2.33. The monoisotopic (exact) mass is 413 g/mol. The average molecular weight is 413 g/mol. The van der Waals surface area contributed by atoms with Crippen molar-refractivity contribution in [1.82, 2.24) is 9.97 Å². The van der Waals surface area contributed by atoms with E-state index in [0.29, 0.717) is 11.3 Å². The number of carbonyl (C=O) groups is 2. The summed E-state index contributed by atoms with van der Waals surface area (Å²) >= 11 is 0.939. The molecular weight excluding hydrogens is 397 g/mol. The molecule has 2 amide bonds. The standard InChI is InChI=1S/C19H16FN5O3S/c20-12-7-4-8-13(9-12)22-14(26)10-29-19-24-16(21)15(18(28)25-19)23-17(27)11-5-2-1-3-6-11/h1-9H,10H2,(H,22,26)(H,23,27)(H3,21,24,25,28). The first-order chi connectivity index (χ1) is 13.9. The predicted octanol–water partition coefficient (Wildman–Crippen LogP) is 2.47. The maximum Gasteiger partial charge on any atom is 0.277 e. The molecule has 10 heteroatoms. The summed E-state index contributed by atoms with van der Waals surface area (Å²) < 4.78 is 13.1. The van der Waals surface area contributed by atoms with Gasteiger partial charge < -0.3 is 16.4 Å². The quantitative estimate of drug-likeness (QED) is 0.363. The van der Waals surface area contributed by atoms with Gasteiger partial charge >= 0.3 is 0 Å². The van der Waals surface area contributed by atoms with E-state index in [4.69, 9.17) is 5.73 Å². The Labute approximate surface area is 168 Å². The second-order valence-electron chi connectivity index (χ2n) is 5.80. The third-order valence-corrected chi connectivity index (χ3v) is 4.52. The largest absolute Gasteiger partial charge is 0.382 e. The zero-order valence-corrected chi connectivity index (χ0v) is 15.8. The number of amides is 2. The molecule has 0 aliphatic heterocycles. The summed E-state index contributed by atoms with van der Waals surface area (Å²) in [6.45, 7) is 0. The third-order valence-electron chi connectivity index (χ3n) is 3.65. The average Bonchev–Trinajstić information content (AvgIpc) is 2.69. The molecule has 29 heavy (non-hydrogen) atoms. The molecule has 2 aromatic carbocycles. The topological polar surface area (TPSA) is 130 Å². The molecule has 0 radical (unpaired) electrons. The number of hydrogen-bond donors (Lipinski definition) is 4. The molecule has 1 aromatic heterocycles. The highest BCUT2D eigenvalue weighted by atomic mass is 32.2. The Hall–Kier alpha value is -3.66. The van der Waals surface area contributed by atoms with Crippen molar-refractivity contribution >= 4 is 40.8 Å². The van der Waals surface area contributed by atoms with Crippen LogP contribution in [0.3, 0.4) is 0 Å². The van der Waals surface area contributed by atoms with Gasteiger partial charge in [-0.1, -0.05) is 36.0 Å². The molecule has 0 fully saturated rings. The molecular formula is C19H16FN5O3S. The number of H-pyrrole nitrogens is 1. The number of carbonyl (C=O) groups excluding carboxylic acids is 2. The number of halogens is 1. The lowest BCUT2D eigenvalue weighted by atomic mass is 10.2. The smallest absolute Gasteiger partial charge is 0.277 e. The van der Waals surface area contributed by atoms with Crippen molar-refractivity contribution < 1.29 is 14.0 Å². The molecule has 148 valence electrons. The van der Waals surface area contributed by atoms with E-state index in [1.54, 1.807) is 36.4 Å². The maximum atomic E-state index is 13.1. The SMILES string of the molecule is Nc1nc(SCC(=O)Nc2cccc(F)c2)[nH]c(=O)c1NC(=O)c1ccccc1. The summed E-state index contributed by atoms with van der Waals surface area (Å²) in [6, 6.07) is 13.8. The summed E-state index contributed by atoms with van der Waals surface area (Å²) in [4.78, 5) is 42.9. The number of nitrogens with one attached hydrogen (secondary N) is 3. The minimum Gasteiger partial charge on any atom is -0.382 e. The van der Waals surface area contributed by atoms with E-state index < -0.39 is 23.2 Å². The summed E-state index contributed by atoms with van der Waals surface area (Å²) in [7, 11) is 0. The number of aromatic nitrogens is 2. The Bertz CT molecular complexity index is 1100. The van der Waals surface area contributed by atoms with Crippen LogP contribution in [-0.2, 0) is 4.79 Å². The fraction of sp³-hybridized carbons (Fsp3) is 0.0526. The van der Waals surface area contributed by atoms with Gasteiger partial charge in [-0.05, 0) is 30.3 Å². The van der Waals surface area contributed by atoms with Crippen LogP contribution in [0.4, 0.5) is 21.6 Å². The van der Waals surface area contributed by atoms with Crippen molar-refractivity contribution in [2.24, 2.45) is 0 Å². The van der Waals surface area contributed by atoms with Crippen LogP contribution >= 0.6 is 11.8 Å².